The Hall–Kier alpha value is -3.39. The zero-order chi connectivity index (χ0) is 28.9. The molecule has 0 saturated heterocycles. The number of fused-ring (bicyclic) bond motifs is 2. The van der Waals surface area contributed by atoms with Crippen LogP contribution in [-0.2, 0) is 17.6 Å². The van der Waals surface area contributed by atoms with Crippen molar-refractivity contribution in [1.29, 1.82) is 0 Å². The van der Waals surface area contributed by atoms with E-state index in [9.17, 15) is 9.59 Å². The molecule has 1 amide bonds. The Morgan fingerprint density at radius 1 is 1.20 bits per heavy atom. The molecular weight excluding hydrogens is 531 g/mol. The Bertz CT molecular complexity index is 1580. The van der Waals surface area contributed by atoms with Crippen molar-refractivity contribution in [2.75, 3.05) is 13.6 Å². The molecule has 0 N–H and O–H groups in total. The van der Waals surface area contributed by atoms with Gasteiger partial charge >= 0.3 is 0 Å². The van der Waals surface area contributed by atoms with Gasteiger partial charge in [0.15, 0.2) is 11.6 Å². The first-order valence-corrected chi connectivity index (χ1v) is 14.3. The Morgan fingerprint density at radius 3 is 2.55 bits per heavy atom. The monoisotopic (exact) mass is 564 g/mol. The number of pyridine rings is 1. The molecule has 0 unspecified atom stereocenters. The topological polar surface area (TPSA) is 85.3 Å². The second kappa shape index (κ2) is 10.5. The first-order valence-electron chi connectivity index (χ1n) is 13.9. The fourth-order valence-electron chi connectivity index (χ4n) is 5.80. The molecule has 1 fully saturated rings. The summed E-state index contributed by atoms with van der Waals surface area (Å²) in [6.07, 6.45) is 5.56. The number of ketones is 1. The SMILES string of the molecule is CCc1c(/C(C(=O)C(C)C)=C(\C)C2(CC)CC2)ccc2cnc(Oc3nc(Cl)nc4c3C(=O)N(C)CC4)c(F)c12. The van der Waals surface area contributed by atoms with Gasteiger partial charge in [-0.3, -0.25) is 9.59 Å². The van der Waals surface area contributed by atoms with Crippen LogP contribution in [0.15, 0.2) is 23.9 Å². The zero-order valence-electron chi connectivity index (χ0n) is 23.8. The molecular formula is C31H34ClFN4O3. The molecule has 0 atom stereocenters. The highest BCUT2D eigenvalue weighted by Crippen LogP contribution is 2.56. The van der Waals surface area contributed by atoms with E-state index in [4.69, 9.17) is 16.3 Å². The highest BCUT2D eigenvalue weighted by Gasteiger charge is 2.44. The smallest absolute Gasteiger partial charge is 0.260 e. The van der Waals surface area contributed by atoms with Crippen LogP contribution in [-0.4, -0.2) is 45.1 Å². The first kappa shape index (κ1) is 28.1. The summed E-state index contributed by atoms with van der Waals surface area (Å²) in [4.78, 5) is 40.6. The number of nitrogens with zero attached hydrogens (tertiary/aromatic N) is 4. The Kier molecular flexibility index (Phi) is 7.42. The van der Waals surface area contributed by atoms with Crippen LogP contribution in [0.1, 0.15) is 81.1 Å². The van der Waals surface area contributed by atoms with Crippen molar-refractivity contribution in [3.63, 3.8) is 0 Å². The van der Waals surface area contributed by atoms with Crippen LogP contribution in [0.3, 0.4) is 0 Å². The van der Waals surface area contributed by atoms with E-state index in [-0.39, 0.29) is 45.6 Å². The molecule has 7 nitrogen and oxygen atoms in total. The number of ether oxygens (including phenoxy) is 1. The lowest BCUT2D eigenvalue weighted by Gasteiger charge is -2.25. The van der Waals surface area contributed by atoms with Crippen LogP contribution in [0.5, 0.6) is 11.8 Å². The number of likely N-dealkylation sites (N-methyl/N-ethyl adjacent to an activating group) is 1. The number of amides is 1. The molecule has 3 heterocycles. The maximum atomic E-state index is 16.4. The van der Waals surface area contributed by atoms with Crippen molar-refractivity contribution in [1.82, 2.24) is 19.9 Å². The van der Waals surface area contributed by atoms with Crippen LogP contribution >= 0.6 is 11.6 Å². The predicted octanol–water partition coefficient (Wildman–Crippen LogP) is 6.99. The first-order chi connectivity index (χ1) is 19.0. The van der Waals surface area contributed by atoms with E-state index in [0.717, 1.165) is 36.0 Å². The molecule has 5 rings (SSSR count). The molecule has 3 aromatic rings. The van der Waals surface area contributed by atoms with Crippen LogP contribution in [0.4, 0.5) is 4.39 Å². The minimum absolute atomic E-state index is 0.0238. The number of carbonyl (C=O) groups excluding carboxylic acids is 2. The molecule has 1 saturated carbocycles. The normalized spacial score (nSPS) is 16.7. The Labute approximate surface area is 238 Å². The van der Waals surface area contributed by atoms with Gasteiger partial charge in [0.2, 0.25) is 11.2 Å². The highest BCUT2D eigenvalue weighted by molar-refractivity contribution is 6.28. The summed E-state index contributed by atoms with van der Waals surface area (Å²) in [5.41, 5.74) is 3.88. The fourth-order valence-corrected chi connectivity index (χ4v) is 5.98. The van der Waals surface area contributed by atoms with Crippen molar-refractivity contribution in [2.45, 2.75) is 66.7 Å². The van der Waals surface area contributed by atoms with Crippen LogP contribution in [0.25, 0.3) is 16.3 Å². The number of aryl methyl sites for hydroxylation is 1. The van der Waals surface area contributed by atoms with E-state index < -0.39 is 5.82 Å². The Morgan fingerprint density at radius 2 is 1.93 bits per heavy atom. The number of hydrogen-bond donors (Lipinski definition) is 0. The largest absolute Gasteiger partial charge is 0.417 e. The van der Waals surface area contributed by atoms with Crippen molar-refractivity contribution in [2.24, 2.45) is 11.3 Å². The fraction of sp³-hybridized carbons (Fsp3) is 0.452. The number of benzene rings is 1. The van der Waals surface area contributed by atoms with Crippen molar-refractivity contribution in [3.05, 3.63) is 57.4 Å². The van der Waals surface area contributed by atoms with E-state index in [1.165, 1.54) is 11.1 Å². The van der Waals surface area contributed by atoms with Crippen molar-refractivity contribution >= 4 is 39.6 Å². The third-order valence-corrected chi connectivity index (χ3v) is 8.70. The zero-order valence-corrected chi connectivity index (χ0v) is 24.6. The van der Waals surface area contributed by atoms with Gasteiger partial charge in [0.05, 0.1) is 5.69 Å². The van der Waals surface area contributed by atoms with Crippen molar-refractivity contribution in [3.8, 4) is 11.8 Å². The minimum atomic E-state index is -0.679. The maximum Gasteiger partial charge on any atom is 0.260 e. The lowest BCUT2D eigenvalue weighted by atomic mass is 9.80. The summed E-state index contributed by atoms with van der Waals surface area (Å²) in [5.74, 6) is -1.60. The average molecular weight is 565 g/mol. The van der Waals surface area contributed by atoms with Gasteiger partial charge in [0.25, 0.3) is 11.8 Å². The summed E-state index contributed by atoms with van der Waals surface area (Å²) < 4.78 is 22.2. The van der Waals surface area contributed by atoms with Gasteiger partial charge in [-0.25, -0.2) is 14.4 Å². The van der Waals surface area contributed by atoms with Gasteiger partial charge in [-0.2, -0.15) is 4.98 Å². The maximum absolute atomic E-state index is 16.4. The van der Waals surface area contributed by atoms with Gasteiger partial charge in [0, 0.05) is 48.5 Å². The number of rotatable bonds is 8. The number of aromatic nitrogens is 3. The number of carbonyl (C=O) groups is 2. The molecule has 2 aliphatic rings. The predicted molar refractivity (Wildman–Crippen MR) is 153 cm³/mol. The third-order valence-electron chi connectivity index (χ3n) is 8.53. The molecule has 0 spiro atoms. The number of Topliss-reactive ketones (excluding diaryl/α,β-unsaturated/α-hetero) is 1. The van der Waals surface area contributed by atoms with E-state index >= 15 is 4.39 Å². The molecule has 9 heteroatoms. The summed E-state index contributed by atoms with van der Waals surface area (Å²) >= 11 is 6.13. The molecule has 40 heavy (non-hydrogen) atoms. The lowest BCUT2D eigenvalue weighted by Crippen LogP contribution is -2.35. The van der Waals surface area contributed by atoms with Crippen LogP contribution < -0.4 is 4.74 Å². The van der Waals surface area contributed by atoms with Crippen molar-refractivity contribution < 1.29 is 18.7 Å². The van der Waals surface area contributed by atoms with E-state index in [1.54, 1.807) is 13.1 Å². The Balaban J connectivity index is 1.69. The molecule has 1 aliphatic heterocycles. The quantitative estimate of drug-likeness (QED) is 0.216. The van der Waals surface area contributed by atoms with E-state index in [1.807, 2.05) is 26.8 Å². The highest BCUT2D eigenvalue weighted by atomic mass is 35.5. The van der Waals surface area contributed by atoms with E-state index in [0.29, 0.717) is 41.4 Å². The van der Waals surface area contributed by atoms with Gasteiger partial charge < -0.3 is 9.64 Å². The third kappa shape index (κ3) is 4.66. The van der Waals surface area contributed by atoms with Gasteiger partial charge in [-0.05, 0) is 60.7 Å². The number of hydrogen-bond acceptors (Lipinski definition) is 6. The molecule has 0 bridgehead atoms. The summed E-state index contributed by atoms with van der Waals surface area (Å²) in [7, 11) is 1.67. The standard InChI is InChI=1S/C31H34ClFN4O3/c1-7-19-20(22(26(38)16(3)4)17(5)31(8-2)12-13-31)10-9-18-15-34-28(25(33)23(18)19)40-27-24-21(35-30(32)36-27)11-14-37(6)29(24)39/h9-10,15-16H,7-8,11-14H2,1-6H3/b22-17-. The van der Waals surface area contributed by atoms with Gasteiger partial charge in [-0.15, -0.1) is 0 Å². The summed E-state index contributed by atoms with van der Waals surface area (Å²) in [6.45, 7) is 10.4. The number of halogens is 2. The van der Waals surface area contributed by atoms with Gasteiger partial charge in [0.1, 0.15) is 5.56 Å². The minimum Gasteiger partial charge on any atom is -0.417 e. The molecule has 0 radical (unpaired) electrons. The molecule has 2 aromatic heterocycles. The second-order valence-electron chi connectivity index (χ2n) is 11.1. The molecule has 1 aromatic carbocycles. The van der Waals surface area contributed by atoms with E-state index in [2.05, 4.69) is 28.8 Å². The average Bonchev–Trinajstić information content (AvgIpc) is 3.73. The van der Waals surface area contributed by atoms with Crippen LogP contribution in [0.2, 0.25) is 5.28 Å². The lowest BCUT2D eigenvalue weighted by molar-refractivity contribution is -0.116. The molecule has 1 aliphatic carbocycles. The molecule has 210 valence electrons. The van der Waals surface area contributed by atoms with Gasteiger partial charge in [-0.1, -0.05) is 45.4 Å². The second-order valence-corrected chi connectivity index (χ2v) is 11.5. The summed E-state index contributed by atoms with van der Waals surface area (Å²) in [6, 6.07) is 3.72. The van der Waals surface area contributed by atoms with Crippen LogP contribution in [0, 0.1) is 17.2 Å². The number of allylic oxidation sites excluding steroid dienone is 2. The summed E-state index contributed by atoms with van der Waals surface area (Å²) in [5, 5.41) is 0.839.